The van der Waals surface area contributed by atoms with Crippen molar-refractivity contribution < 1.29 is 32.2 Å². The molecule has 0 saturated carbocycles. The number of hydrogen-bond acceptors (Lipinski definition) is 5. The maximum absolute atomic E-state index is 14.6. The number of amides is 1. The number of carbonyl (C=O) groups excluding carboxylic acids is 1. The van der Waals surface area contributed by atoms with Crippen molar-refractivity contribution in [1.82, 2.24) is 5.32 Å². The summed E-state index contributed by atoms with van der Waals surface area (Å²) < 4.78 is 45.7. The molecule has 3 N–H and O–H groups in total. The van der Waals surface area contributed by atoms with E-state index in [1.54, 1.807) is 0 Å². The third-order valence-corrected chi connectivity index (χ3v) is 5.43. The van der Waals surface area contributed by atoms with Crippen LogP contribution in [0.1, 0.15) is 15.9 Å². The molecule has 13 heteroatoms. The monoisotopic (exact) mass is 586 g/mol. The molecule has 2 rings (SSSR count). The van der Waals surface area contributed by atoms with Gasteiger partial charge < -0.3 is 15.2 Å². The number of hydrogen-bond donors (Lipinski definition) is 3. The van der Waals surface area contributed by atoms with Gasteiger partial charge in [0.2, 0.25) is 10.0 Å². The number of aliphatic carboxylic acids is 1. The number of rotatable bonds is 8. The lowest BCUT2D eigenvalue weighted by molar-refractivity contribution is -0.135. The lowest BCUT2D eigenvalue weighted by Crippen LogP contribution is -2.29. The quantitative estimate of drug-likeness (QED) is 0.432. The normalized spacial score (nSPS) is 11.1. The fraction of sp³-hybridized carbons (Fsp3) is 0.176. The Morgan fingerprint density at radius 3 is 2.33 bits per heavy atom. The molecule has 0 aliphatic heterocycles. The van der Waals surface area contributed by atoms with Crippen LogP contribution in [0.25, 0.3) is 0 Å². The number of ether oxygens (including phenoxy) is 1. The number of carbonyl (C=O) groups is 2. The number of anilines is 1. The van der Waals surface area contributed by atoms with Gasteiger partial charge in [0.05, 0.1) is 20.9 Å². The highest BCUT2D eigenvalue weighted by Gasteiger charge is 2.17. The number of nitrogens with one attached hydrogen (secondary N) is 2. The molecule has 8 nitrogen and oxygen atoms in total. The van der Waals surface area contributed by atoms with Crippen molar-refractivity contribution in [2.45, 2.75) is 6.61 Å². The van der Waals surface area contributed by atoms with E-state index < -0.39 is 34.3 Å². The number of sulfonamides is 1. The van der Waals surface area contributed by atoms with Gasteiger partial charge >= 0.3 is 5.97 Å². The van der Waals surface area contributed by atoms with Crippen LogP contribution in [-0.2, 0) is 21.4 Å². The molecule has 2 aromatic rings. The Morgan fingerprint density at radius 2 is 1.80 bits per heavy atom. The van der Waals surface area contributed by atoms with E-state index in [4.69, 9.17) is 21.4 Å². The van der Waals surface area contributed by atoms with E-state index in [1.165, 1.54) is 18.2 Å². The van der Waals surface area contributed by atoms with Crippen molar-refractivity contribution in [3.05, 3.63) is 55.2 Å². The van der Waals surface area contributed by atoms with Crippen molar-refractivity contribution >= 4 is 71.0 Å². The molecule has 0 aromatic heterocycles. The van der Waals surface area contributed by atoms with Crippen LogP contribution in [-0.4, -0.2) is 38.2 Å². The maximum Gasteiger partial charge on any atom is 0.322 e. The highest BCUT2D eigenvalue weighted by Crippen LogP contribution is 2.36. The molecule has 0 spiro atoms. The van der Waals surface area contributed by atoms with Crippen molar-refractivity contribution in [1.29, 1.82) is 0 Å². The van der Waals surface area contributed by atoms with Gasteiger partial charge in [0, 0.05) is 16.1 Å². The summed E-state index contributed by atoms with van der Waals surface area (Å²) in [6, 6.07) is 5.24. The molecule has 0 heterocycles. The Kier molecular flexibility index (Phi) is 8.08. The van der Waals surface area contributed by atoms with E-state index in [1.807, 2.05) is 4.72 Å². The summed E-state index contributed by atoms with van der Waals surface area (Å²) in [5, 5.41) is 11.0. The Balaban J connectivity index is 2.24. The Hall–Kier alpha value is -1.89. The second-order valence-electron chi connectivity index (χ2n) is 5.93. The van der Waals surface area contributed by atoms with E-state index in [2.05, 4.69) is 37.2 Å². The second-order valence-corrected chi connectivity index (χ2v) is 9.83. The zero-order valence-corrected chi connectivity index (χ0v) is 19.9. The SMILES string of the molecule is CS(=O)(=O)Nc1cc(Cl)cc(COc2c(Br)cc(C(=O)NCC(=O)O)cc2Br)c1F. The van der Waals surface area contributed by atoms with Crippen LogP contribution >= 0.6 is 43.5 Å². The molecule has 0 atom stereocenters. The minimum absolute atomic E-state index is 0.00396. The third kappa shape index (κ3) is 6.83. The Bertz CT molecular complexity index is 1090. The highest BCUT2D eigenvalue weighted by atomic mass is 79.9. The van der Waals surface area contributed by atoms with E-state index in [-0.39, 0.29) is 34.2 Å². The van der Waals surface area contributed by atoms with Gasteiger partial charge in [0.15, 0.2) is 5.82 Å². The van der Waals surface area contributed by atoms with Crippen LogP contribution in [0.2, 0.25) is 5.02 Å². The molecule has 0 fully saturated rings. The van der Waals surface area contributed by atoms with E-state index >= 15 is 0 Å². The topological polar surface area (TPSA) is 122 Å². The van der Waals surface area contributed by atoms with Crippen LogP contribution in [0, 0.1) is 5.82 Å². The summed E-state index contributed by atoms with van der Waals surface area (Å²) in [6.45, 7) is -0.837. The molecule has 0 saturated heterocycles. The van der Waals surface area contributed by atoms with Gasteiger partial charge in [0.25, 0.3) is 5.91 Å². The average molecular weight is 589 g/mol. The van der Waals surface area contributed by atoms with Crippen LogP contribution < -0.4 is 14.8 Å². The predicted octanol–water partition coefficient (Wildman–Crippen LogP) is 3.77. The lowest BCUT2D eigenvalue weighted by Gasteiger charge is -2.14. The minimum atomic E-state index is -3.72. The summed E-state index contributed by atoms with van der Waals surface area (Å²) in [5.41, 5.74) is -0.154. The Labute approximate surface area is 193 Å². The van der Waals surface area contributed by atoms with Crippen molar-refractivity contribution in [3.8, 4) is 5.75 Å². The van der Waals surface area contributed by atoms with Crippen LogP contribution in [0.3, 0.4) is 0 Å². The lowest BCUT2D eigenvalue weighted by atomic mass is 10.2. The van der Waals surface area contributed by atoms with E-state index in [0.29, 0.717) is 8.95 Å². The molecule has 0 aliphatic rings. The summed E-state index contributed by atoms with van der Waals surface area (Å²) in [4.78, 5) is 22.6. The largest absolute Gasteiger partial charge is 0.486 e. The molecular weight excluding hydrogens is 575 g/mol. The first-order valence-electron chi connectivity index (χ1n) is 7.95. The summed E-state index contributed by atoms with van der Waals surface area (Å²) in [7, 11) is -3.72. The molecule has 30 heavy (non-hydrogen) atoms. The minimum Gasteiger partial charge on any atom is -0.486 e. The Morgan fingerprint density at radius 1 is 1.20 bits per heavy atom. The zero-order chi connectivity index (χ0) is 22.6. The number of carboxylic acid groups (broad SMARTS) is 1. The van der Waals surface area contributed by atoms with Gasteiger partial charge in [-0.05, 0) is 56.1 Å². The summed E-state index contributed by atoms with van der Waals surface area (Å²) >= 11 is 12.4. The summed E-state index contributed by atoms with van der Waals surface area (Å²) in [5.74, 6) is -2.40. The van der Waals surface area contributed by atoms with Gasteiger partial charge in [-0.3, -0.25) is 14.3 Å². The number of carboxylic acids is 1. The van der Waals surface area contributed by atoms with Gasteiger partial charge in [-0.25, -0.2) is 12.8 Å². The summed E-state index contributed by atoms with van der Waals surface area (Å²) in [6.07, 6.45) is 0.881. The molecule has 2 aromatic carbocycles. The standard InChI is InChI=1S/C17H14Br2ClFN2O6S/c1-30(27,28)23-13-5-10(20)2-9(15(13)21)7-29-16-11(18)3-8(4-12(16)19)17(26)22-6-14(24)25/h2-5,23H,6-7H2,1H3,(H,22,26)(H,24,25). The first-order chi connectivity index (χ1) is 13.9. The zero-order valence-electron chi connectivity index (χ0n) is 15.1. The second kappa shape index (κ2) is 9.94. The predicted molar refractivity (Wildman–Crippen MR) is 116 cm³/mol. The average Bonchev–Trinajstić information content (AvgIpc) is 2.61. The van der Waals surface area contributed by atoms with Crippen LogP contribution in [0.5, 0.6) is 5.75 Å². The number of halogens is 4. The first-order valence-corrected chi connectivity index (χ1v) is 11.8. The molecular formula is C17H14Br2ClFN2O6S. The molecule has 1 amide bonds. The van der Waals surface area contributed by atoms with Crippen molar-refractivity contribution in [2.75, 3.05) is 17.5 Å². The van der Waals surface area contributed by atoms with Gasteiger partial charge in [-0.2, -0.15) is 0 Å². The van der Waals surface area contributed by atoms with Crippen LogP contribution in [0.4, 0.5) is 10.1 Å². The molecule has 0 unspecified atom stereocenters. The first kappa shape index (κ1) is 24.4. The molecule has 0 bridgehead atoms. The van der Waals surface area contributed by atoms with Crippen LogP contribution in [0.15, 0.2) is 33.2 Å². The third-order valence-electron chi connectivity index (χ3n) is 3.44. The van der Waals surface area contributed by atoms with Gasteiger partial charge in [0.1, 0.15) is 18.9 Å². The molecule has 0 radical (unpaired) electrons. The molecule has 162 valence electrons. The maximum atomic E-state index is 14.6. The highest BCUT2D eigenvalue weighted by molar-refractivity contribution is 9.11. The fourth-order valence-electron chi connectivity index (χ4n) is 2.26. The van der Waals surface area contributed by atoms with Crippen molar-refractivity contribution in [3.63, 3.8) is 0 Å². The van der Waals surface area contributed by atoms with E-state index in [9.17, 15) is 22.4 Å². The van der Waals surface area contributed by atoms with Crippen molar-refractivity contribution in [2.24, 2.45) is 0 Å². The van der Waals surface area contributed by atoms with E-state index in [0.717, 1.165) is 12.3 Å². The number of benzene rings is 2. The van der Waals surface area contributed by atoms with Gasteiger partial charge in [-0.1, -0.05) is 11.6 Å². The smallest absolute Gasteiger partial charge is 0.322 e. The fourth-order valence-corrected chi connectivity index (χ4v) is 4.47. The molecule has 0 aliphatic carbocycles. The van der Waals surface area contributed by atoms with Gasteiger partial charge in [-0.15, -0.1) is 0 Å².